The molecule has 1 aromatic heterocycles. The number of nitrogens with zero attached hydrogens (tertiary/aromatic N) is 3. The number of hydrogen-bond donors (Lipinski definition) is 1. The molecular weight excluding hydrogens is 226 g/mol. The molecule has 1 aliphatic rings. The van der Waals surface area contributed by atoms with Crippen LogP contribution in [0.15, 0.2) is 24.3 Å². The maximum absolute atomic E-state index is 9.99. The minimum Gasteiger partial charge on any atom is -0.390 e. The molecule has 1 N–H and O–H groups in total. The van der Waals surface area contributed by atoms with Crippen LogP contribution in [0.1, 0.15) is 19.8 Å². The second kappa shape index (κ2) is 3.99. The fourth-order valence-electron chi connectivity index (χ4n) is 2.60. The Bertz CT molecular complexity index is 563. The number of fused-ring (bicyclic) bond motifs is 1. The molecule has 0 bridgehead atoms. The predicted octanol–water partition coefficient (Wildman–Crippen LogP) is 1.92. The number of piperidine rings is 1. The average molecular weight is 245 g/mol. The van der Waals surface area contributed by atoms with Gasteiger partial charge >= 0.3 is 0 Å². The van der Waals surface area contributed by atoms with Crippen LogP contribution in [0.2, 0.25) is 0 Å². The van der Waals surface area contributed by atoms with Gasteiger partial charge in [0.25, 0.3) is 0 Å². The fraction of sp³-hybridized carbons (Fsp3) is 0.500. The summed E-state index contributed by atoms with van der Waals surface area (Å²) in [5.74, 6) is 1.01. The molecule has 0 saturated carbocycles. The molecule has 4 heteroatoms. The second-order valence-electron chi connectivity index (χ2n) is 5.44. The van der Waals surface area contributed by atoms with Gasteiger partial charge in [-0.3, -0.25) is 0 Å². The summed E-state index contributed by atoms with van der Waals surface area (Å²) in [5.41, 5.74) is 1.68. The molecule has 3 rings (SSSR count). The summed E-state index contributed by atoms with van der Waals surface area (Å²) in [6, 6.07) is 8.18. The third-order valence-electron chi connectivity index (χ3n) is 3.89. The summed E-state index contributed by atoms with van der Waals surface area (Å²) >= 11 is 0. The molecule has 0 spiro atoms. The number of rotatable bonds is 1. The molecule has 1 saturated heterocycles. The molecule has 2 aromatic rings. The van der Waals surface area contributed by atoms with Crippen LogP contribution in [0.4, 0.5) is 5.95 Å². The third-order valence-corrected chi connectivity index (χ3v) is 3.89. The van der Waals surface area contributed by atoms with Crippen LogP contribution < -0.4 is 4.90 Å². The largest absolute Gasteiger partial charge is 0.390 e. The maximum Gasteiger partial charge on any atom is 0.206 e. The Balaban J connectivity index is 1.93. The van der Waals surface area contributed by atoms with Crippen LogP contribution in [0.3, 0.4) is 0 Å². The zero-order chi connectivity index (χ0) is 12.8. The summed E-state index contributed by atoms with van der Waals surface area (Å²) in [7, 11) is 2.05. The van der Waals surface area contributed by atoms with Crippen molar-refractivity contribution in [2.45, 2.75) is 25.4 Å². The Kier molecular flexibility index (Phi) is 2.55. The highest BCUT2D eigenvalue weighted by Gasteiger charge is 2.29. The first-order chi connectivity index (χ1) is 8.57. The van der Waals surface area contributed by atoms with Crippen LogP contribution in [-0.2, 0) is 7.05 Å². The van der Waals surface area contributed by atoms with Crippen LogP contribution in [0.5, 0.6) is 0 Å². The van der Waals surface area contributed by atoms with Crippen molar-refractivity contribution in [3.63, 3.8) is 0 Å². The van der Waals surface area contributed by atoms with E-state index in [1.54, 1.807) is 0 Å². The Labute approximate surface area is 107 Å². The van der Waals surface area contributed by atoms with E-state index in [4.69, 9.17) is 4.98 Å². The Hall–Kier alpha value is -1.55. The maximum atomic E-state index is 9.99. The second-order valence-corrected chi connectivity index (χ2v) is 5.44. The molecule has 4 nitrogen and oxygen atoms in total. The van der Waals surface area contributed by atoms with E-state index in [1.165, 1.54) is 0 Å². The van der Waals surface area contributed by atoms with Crippen molar-refractivity contribution >= 4 is 17.0 Å². The number of anilines is 1. The molecule has 0 aliphatic carbocycles. The SMILES string of the molecule is Cn1c(N2CCC(C)(O)CC2)nc2ccccc21. The van der Waals surface area contributed by atoms with Gasteiger partial charge in [-0.25, -0.2) is 4.98 Å². The molecule has 0 unspecified atom stereocenters. The monoisotopic (exact) mass is 245 g/mol. The highest BCUT2D eigenvalue weighted by Crippen LogP contribution is 2.27. The molecule has 0 amide bonds. The predicted molar refractivity (Wildman–Crippen MR) is 72.8 cm³/mol. The van der Waals surface area contributed by atoms with Gasteiger partial charge in [-0.15, -0.1) is 0 Å². The van der Waals surface area contributed by atoms with E-state index in [1.807, 2.05) is 25.1 Å². The summed E-state index contributed by atoms with van der Waals surface area (Å²) in [6.45, 7) is 3.65. The molecule has 18 heavy (non-hydrogen) atoms. The summed E-state index contributed by atoms with van der Waals surface area (Å²) < 4.78 is 2.13. The van der Waals surface area contributed by atoms with Gasteiger partial charge in [0.2, 0.25) is 5.95 Å². The molecule has 2 heterocycles. The highest BCUT2D eigenvalue weighted by atomic mass is 16.3. The average Bonchev–Trinajstić information content (AvgIpc) is 2.68. The molecule has 0 atom stereocenters. The van der Waals surface area contributed by atoms with Crippen molar-refractivity contribution < 1.29 is 5.11 Å². The Morgan fingerprint density at radius 2 is 1.89 bits per heavy atom. The van der Waals surface area contributed by atoms with E-state index in [9.17, 15) is 5.11 Å². The van der Waals surface area contributed by atoms with Crippen LogP contribution >= 0.6 is 0 Å². The van der Waals surface area contributed by atoms with Crippen molar-refractivity contribution in [3.05, 3.63) is 24.3 Å². The molecule has 1 aliphatic heterocycles. The molecule has 0 radical (unpaired) electrons. The van der Waals surface area contributed by atoms with Gasteiger partial charge in [0.15, 0.2) is 0 Å². The van der Waals surface area contributed by atoms with Crippen molar-refractivity contribution in [2.24, 2.45) is 7.05 Å². The standard InChI is InChI=1S/C14H19N3O/c1-14(18)7-9-17(10-8-14)13-15-11-5-3-4-6-12(11)16(13)2/h3-6,18H,7-10H2,1-2H3. The topological polar surface area (TPSA) is 41.3 Å². The van der Waals surface area contributed by atoms with Crippen molar-refractivity contribution in [1.82, 2.24) is 9.55 Å². The molecular formula is C14H19N3O. The number of aryl methyl sites for hydroxylation is 1. The zero-order valence-corrected chi connectivity index (χ0v) is 10.9. The number of para-hydroxylation sites is 2. The van der Waals surface area contributed by atoms with Crippen molar-refractivity contribution in [1.29, 1.82) is 0 Å². The molecule has 1 fully saturated rings. The lowest BCUT2D eigenvalue weighted by Gasteiger charge is -2.36. The third kappa shape index (κ3) is 1.86. The van der Waals surface area contributed by atoms with E-state index in [-0.39, 0.29) is 0 Å². The lowest BCUT2D eigenvalue weighted by Crippen LogP contribution is -2.43. The van der Waals surface area contributed by atoms with E-state index >= 15 is 0 Å². The lowest BCUT2D eigenvalue weighted by atomic mass is 9.94. The first-order valence-electron chi connectivity index (χ1n) is 6.46. The summed E-state index contributed by atoms with van der Waals surface area (Å²) in [6.07, 6.45) is 1.60. The quantitative estimate of drug-likeness (QED) is 0.834. The van der Waals surface area contributed by atoms with Gasteiger partial charge in [-0.2, -0.15) is 0 Å². The van der Waals surface area contributed by atoms with Crippen molar-refractivity contribution in [2.75, 3.05) is 18.0 Å². The van der Waals surface area contributed by atoms with Gasteiger partial charge in [0.1, 0.15) is 0 Å². The van der Waals surface area contributed by atoms with E-state index in [0.29, 0.717) is 0 Å². The summed E-state index contributed by atoms with van der Waals surface area (Å²) in [5, 5.41) is 9.99. The number of aliphatic hydroxyl groups is 1. The van der Waals surface area contributed by atoms with Crippen LogP contribution in [0, 0.1) is 0 Å². The van der Waals surface area contributed by atoms with E-state index < -0.39 is 5.60 Å². The zero-order valence-electron chi connectivity index (χ0n) is 10.9. The van der Waals surface area contributed by atoms with E-state index in [0.717, 1.165) is 42.9 Å². The minimum atomic E-state index is -0.513. The smallest absolute Gasteiger partial charge is 0.206 e. The van der Waals surface area contributed by atoms with Gasteiger partial charge in [-0.05, 0) is 31.9 Å². The first kappa shape index (κ1) is 11.5. The van der Waals surface area contributed by atoms with Gasteiger partial charge in [0.05, 0.1) is 16.6 Å². The van der Waals surface area contributed by atoms with Crippen LogP contribution in [0.25, 0.3) is 11.0 Å². The Morgan fingerprint density at radius 1 is 1.22 bits per heavy atom. The normalized spacial score (nSPS) is 19.4. The Morgan fingerprint density at radius 3 is 2.56 bits per heavy atom. The number of imidazole rings is 1. The van der Waals surface area contributed by atoms with Crippen LogP contribution in [-0.4, -0.2) is 33.3 Å². The number of benzene rings is 1. The van der Waals surface area contributed by atoms with Gasteiger partial charge in [0, 0.05) is 20.1 Å². The van der Waals surface area contributed by atoms with Gasteiger partial charge in [-0.1, -0.05) is 12.1 Å². The highest BCUT2D eigenvalue weighted by molar-refractivity contribution is 5.78. The number of aromatic nitrogens is 2. The number of hydrogen-bond acceptors (Lipinski definition) is 3. The van der Waals surface area contributed by atoms with E-state index in [2.05, 4.69) is 22.6 Å². The lowest BCUT2D eigenvalue weighted by molar-refractivity contribution is 0.0348. The summed E-state index contributed by atoms with van der Waals surface area (Å²) in [4.78, 5) is 6.95. The molecule has 96 valence electrons. The first-order valence-corrected chi connectivity index (χ1v) is 6.46. The fourth-order valence-corrected chi connectivity index (χ4v) is 2.60. The molecule has 1 aromatic carbocycles. The van der Waals surface area contributed by atoms with Crippen molar-refractivity contribution in [3.8, 4) is 0 Å². The minimum absolute atomic E-state index is 0.513. The van der Waals surface area contributed by atoms with Gasteiger partial charge < -0.3 is 14.6 Å².